The molecule has 1 heterocycles. The van der Waals surface area contributed by atoms with Gasteiger partial charge in [0, 0.05) is 13.0 Å². The van der Waals surface area contributed by atoms with Crippen LogP contribution >= 0.6 is 0 Å². The van der Waals surface area contributed by atoms with Gasteiger partial charge in [-0.15, -0.1) is 12.3 Å². The van der Waals surface area contributed by atoms with E-state index < -0.39 is 5.97 Å². The van der Waals surface area contributed by atoms with Gasteiger partial charge in [-0.2, -0.15) is 0 Å². The van der Waals surface area contributed by atoms with Gasteiger partial charge in [0.25, 0.3) is 0 Å². The van der Waals surface area contributed by atoms with E-state index in [0.717, 1.165) is 19.4 Å². The van der Waals surface area contributed by atoms with E-state index in [9.17, 15) is 4.79 Å². The SMILES string of the molecule is C#CCCN1CCCC1C(=O)O. The Morgan fingerprint density at radius 3 is 3.08 bits per heavy atom. The fraction of sp³-hybridized carbons (Fsp3) is 0.667. The van der Waals surface area contributed by atoms with Crippen LogP contribution in [-0.2, 0) is 4.79 Å². The maximum absolute atomic E-state index is 10.7. The minimum absolute atomic E-state index is 0.293. The minimum atomic E-state index is -0.718. The summed E-state index contributed by atoms with van der Waals surface area (Å²) in [6.07, 6.45) is 7.48. The quantitative estimate of drug-likeness (QED) is 0.624. The summed E-state index contributed by atoms with van der Waals surface area (Å²) < 4.78 is 0. The number of carboxylic acid groups (broad SMARTS) is 1. The average molecular weight is 167 g/mol. The molecule has 1 saturated heterocycles. The molecule has 12 heavy (non-hydrogen) atoms. The lowest BCUT2D eigenvalue weighted by molar-refractivity contribution is -0.142. The Labute approximate surface area is 72.4 Å². The van der Waals surface area contributed by atoms with Crippen molar-refractivity contribution in [1.82, 2.24) is 4.90 Å². The smallest absolute Gasteiger partial charge is 0.320 e. The standard InChI is InChI=1S/C9H13NO2/c1-2-3-6-10-7-4-5-8(10)9(11)12/h1,8H,3-7H2,(H,11,12). The third kappa shape index (κ3) is 1.99. The number of nitrogens with zero attached hydrogens (tertiary/aromatic N) is 1. The van der Waals surface area contributed by atoms with Crippen molar-refractivity contribution < 1.29 is 9.90 Å². The van der Waals surface area contributed by atoms with Crippen molar-refractivity contribution in [3.63, 3.8) is 0 Å². The zero-order chi connectivity index (χ0) is 8.97. The number of rotatable bonds is 3. The summed E-state index contributed by atoms with van der Waals surface area (Å²) in [6, 6.07) is -0.293. The summed E-state index contributed by atoms with van der Waals surface area (Å²) in [6.45, 7) is 1.59. The summed E-state index contributed by atoms with van der Waals surface area (Å²) >= 11 is 0. The van der Waals surface area contributed by atoms with Crippen LogP contribution in [0, 0.1) is 12.3 Å². The number of carboxylic acids is 1. The molecular weight excluding hydrogens is 154 g/mol. The van der Waals surface area contributed by atoms with E-state index in [1.54, 1.807) is 0 Å². The number of carbonyl (C=O) groups is 1. The third-order valence-corrected chi connectivity index (χ3v) is 2.19. The predicted octanol–water partition coefficient (Wildman–Crippen LogP) is 0.559. The van der Waals surface area contributed by atoms with Crippen molar-refractivity contribution >= 4 is 5.97 Å². The summed E-state index contributed by atoms with van der Waals surface area (Å²) in [4.78, 5) is 12.6. The first-order valence-electron chi connectivity index (χ1n) is 4.16. The topological polar surface area (TPSA) is 40.5 Å². The van der Waals surface area contributed by atoms with Gasteiger partial charge in [-0.25, -0.2) is 0 Å². The van der Waals surface area contributed by atoms with Crippen molar-refractivity contribution in [2.75, 3.05) is 13.1 Å². The molecule has 0 spiro atoms. The molecule has 1 aliphatic rings. The summed E-state index contributed by atoms with van der Waals surface area (Å²) in [5, 5.41) is 8.79. The van der Waals surface area contributed by atoms with Crippen LogP contribution in [0.5, 0.6) is 0 Å². The van der Waals surface area contributed by atoms with Crippen LogP contribution in [0.1, 0.15) is 19.3 Å². The van der Waals surface area contributed by atoms with E-state index in [2.05, 4.69) is 5.92 Å². The van der Waals surface area contributed by atoms with E-state index in [1.807, 2.05) is 4.90 Å². The second-order valence-electron chi connectivity index (χ2n) is 2.99. The van der Waals surface area contributed by atoms with Crippen LogP contribution in [0.25, 0.3) is 0 Å². The first-order valence-corrected chi connectivity index (χ1v) is 4.16. The van der Waals surface area contributed by atoms with Gasteiger partial charge in [-0.1, -0.05) is 0 Å². The van der Waals surface area contributed by atoms with Crippen molar-refractivity contribution in [3.05, 3.63) is 0 Å². The molecule has 1 aliphatic heterocycles. The Balaban J connectivity index is 2.42. The molecule has 0 amide bonds. The lowest BCUT2D eigenvalue weighted by Gasteiger charge is -2.19. The van der Waals surface area contributed by atoms with Crippen molar-refractivity contribution in [3.8, 4) is 12.3 Å². The third-order valence-electron chi connectivity index (χ3n) is 2.19. The number of hydrogen-bond donors (Lipinski definition) is 1. The molecule has 3 heteroatoms. The highest BCUT2D eigenvalue weighted by molar-refractivity contribution is 5.73. The van der Waals surface area contributed by atoms with Gasteiger partial charge in [-0.3, -0.25) is 9.69 Å². The summed E-state index contributed by atoms with van der Waals surface area (Å²) in [5.74, 6) is 1.80. The number of aliphatic carboxylic acids is 1. The van der Waals surface area contributed by atoms with E-state index in [0.29, 0.717) is 13.0 Å². The van der Waals surface area contributed by atoms with Gasteiger partial charge in [0.1, 0.15) is 6.04 Å². The Hall–Kier alpha value is -1.01. The van der Waals surface area contributed by atoms with Crippen LogP contribution in [0.2, 0.25) is 0 Å². The molecule has 0 bridgehead atoms. The molecule has 1 atom stereocenters. The monoisotopic (exact) mass is 167 g/mol. The van der Waals surface area contributed by atoms with E-state index in [4.69, 9.17) is 11.5 Å². The fourth-order valence-electron chi connectivity index (χ4n) is 1.58. The van der Waals surface area contributed by atoms with Gasteiger partial charge >= 0.3 is 5.97 Å². The highest BCUT2D eigenvalue weighted by atomic mass is 16.4. The highest BCUT2D eigenvalue weighted by Crippen LogP contribution is 2.16. The van der Waals surface area contributed by atoms with E-state index in [-0.39, 0.29) is 6.04 Å². The lowest BCUT2D eigenvalue weighted by atomic mass is 10.2. The zero-order valence-electron chi connectivity index (χ0n) is 6.99. The number of likely N-dealkylation sites (tertiary alicyclic amines) is 1. The Bertz CT molecular complexity index is 207. The van der Waals surface area contributed by atoms with E-state index >= 15 is 0 Å². The molecule has 0 aromatic rings. The Morgan fingerprint density at radius 1 is 1.75 bits per heavy atom. The molecule has 0 aliphatic carbocycles. The molecule has 3 nitrogen and oxygen atoms in total. The molecule has 1 rings (SSSR count). The molecule has 0 aromatic heterocycles. The largest absolute Gasteiger partial charge is 0.480 e. The van der Waals surface area contributed by atoms with Crippen LogP contribution in [0.15, 0.2) is 0 Å². The van der Waals surface area contributed by atoms with Crippen molar-refractivity contribution in [1.29, 1.82) is 0 Å². The van der Waals surface area contributed by atoms with Crippen LogP contribution in [0.4, 0.5) is 0 Å². The first kappa shape index (κ1) is 9.08. The molecule has 1 fully saturated rings. The second kappa shape index (κ2) is 4.13. The van der Waals surface area contributed by atoms with Crippen LogP contribution < -0.4 is 0 Å². The number of hydrogen-bond acceptors (Lipinski definition) is 2. The second-order valence-corrected chi connectivity index (χ2v) is 2.99. The maximum atomic E-state index is 10.7. The van der Waals surface area contributed by atoms with Crippen LogP contribution in [-0.4, -0.2) is 35.1 Å². The van der Waals surface area contributed by atoms with Crippen LogP contribution in [0.3, 0.4) is 0 Å². The molecule has 1 N–H and O–H groups in total. The van der Waals surface area contributed by atoms with Gasteiger partial charge in [-0.05, 0) is 19.4 Å². The molecule has 0 radical (unpaired) electrons. The fourth-order valence-corrected chi connectivity index (χ4v) is 1.58. The molecule has 0 aromatic carbocycles. The van der Waals surface area contributed by atoms with Crippen molar-refractivity contribution in [2.24, 2.45) is 0 Å². The van der Waals surface area contributed by atoms with Gasteiger partial charge in [0.05, 0.1) is 0 Å². The summed E-state index contributed by atoms with van der Waals surface area (Å²) in [7, 11) is 0. The summed E-state index contributed by atoms with van der Waals surface area (Å²) in [5.41, 5.74) is 0. The molecule has 1 unspecified atom stereocenters. The number of terminal acetylenes is 1. The Kier molecular flexibility index (Phi) is 3.12. The first-order chi connectivity index (χ1) is 5.75. The van der Waals surface area contributed by atoms with E-state index in [1.165, 1.54) is 0 Å². The van der Waals surface area contributed by atoms with Gasteiger partial charge in [0.15, 0.2) is 0 Å². The normalized spacial score (nSPS) is 23.8. The van der Waals surface area contributed by atoms with Crippen molar-refractivity contribution in [2.45, 2.75) is 25.3 Å². The molecular formula is C9H13NO2. The Morgan fingerprint density at radius 2 is 2.50 bits per heavy atom. The van der Waals surface area contributed by atoms with Gasteiger partial charge in [0.2, 0.25) is 0 Å². The predicted molar refractivity (Wildman–Crippen MR) is 45.7 cm³/mol. The van der Waals surface area contributed by atoms with Gasteiger partial charge < -0.3 is 5.11 Å². The minimum Gasteiger partial charge on any atom is -0.480 e. The lowest BCUT2D eigenvalue weighted by Crippen LogP contribution is -2.36. The zero-order valence-corrected chi connectivity index (χ0v) is 6.99. The average Bonchev–Trinajstić information content (AvgIpc) is 2.48. The highest BCUT2D eigenvalue weighted by Gasteiger charge is 2.29. The molecule has 0 saturated carbocycles. The maximum Gasteiger partial charge on any atom is 0.320 e. The molecule has 66 valence electrons.